The lowest BCUT2D eigenvalue weighted by atomic mass is 10.1. The van der Waals surface area contributed by atoms with Crippen molar-refractivity contribution in [1.82, 2.24) is 14.5 Å². The maximum atomic E-state index is 14.4. The van der Waals surface area contributed by atoms with Crippen molar-refractivity contribution < 1.29 is 17.6 Å². The minimum atomic E-state index is -3.73. The SMILES string of the molecule is CNCC1CCN(S(=O)(=O)c2ccc(C(=O)N3CCCC3)c(F)c2)C1.Cl. The molecular formula is C17H25ClFN3O3S. The molecule has 2 aliphatic heterocycles. The Morgan fingerprint density at radius 2 is 1.96 bits per heavy atom. The average Bonchev–Trinajstić information content (AvgIpc) is 3.26. The van der Waals surface area contributed by atoms with Crippen LogP contribution in [0.4, 0.5) is 4.39 Å². The molecule has 0 radical (unpaired) electrons. The number of rotatable bonds is 5. The molecule has 1 N–H and O–H groups in total. The van der Waals surface area contributed by atoms with Crippen LogP contribution in [-0.4, -0.2) is 63.3 Å². The van der Waals surface area contributed by atoms with Crippen LogP contribution in [0, 0.1) is 11.7 Å². The van der Waals surface area contributed by atoms with E-state index in [1.165, 1.54) is 16.4 Å². The van der Waals surface area contributed by atoms with E-state index in [0.717, 1.165) is 31.9 Å². The summed E-state index contributed by atoms with van der Waals surface area (Å²) in [5, 5.41) is 3.05. The fourth-order valence-electron chi connectivity index (χ4n) is 3.54. The molecule has 1 aromatic carbocycles. The zero-order valence-electron chi connectivity index (χ0n) is 14.8. The molecule has 0 aliphatic carbocycles. The largest absolute Gasteiger partial charge is 0.339 e. The summed E-state index contributed by atoms with van der Waals surface area (Å²) in [6, 6.07) is 3.61. The Kier molecular flexibility index (Phi) is 7.01. The molecule has 1 aromatic rings. The Labute approximate surface area is 160 Å². The summed E-state index contributed by atoms with van der Waals surface area (Å²) in [4.78, 5) is 13.8. The van der Waals surface area contributed by atoms with Crippen molar-refractivity contribution in [3.63, 3.8) is 0 Å². The van der Waals surface area contributed by atoms with Crippen LogP contribution in [-0.2, 0) is 10.0 Å². The molecule has 1 amide bonds. The molecule has 9 heteroatoms. The Bertz CT molecular complexity index is 754. The Morgan fingerprint density at radius 1 is 1.27 bits per heavy atom. The van der Waals surface area contributed by atoms with E-state index in [9.17, 15) is 17.6 Å². The highest BCUT2D eigenvalue weighted by Crippen LogP contribution is 2.26. The van der Waals surface area contributed by atoms with Gasteiger partial charge in [0.25, 0.3) is 5.91 Å². The van der Waals surface area contributed by atoms with E-state index >= 15 is 0 Å². The second-order valence-corrected chi connectivity index (χ2v) is 8.65. The quantitative estimate of drug-likeness (QED) is 0.809. The van der Waals surface area contributed by atoms with Crippen LogP contribution in [0.2, 0.25) is 0 Å². The van der Waals surface area contributed by atoms with Gasteiger partial charge in [0.2, 0.25) is 10.0 Å². The van der Waals surface area contributed by atoms with Crippen LogP contribution in [0.1, 0.15) is 29.6 Å². The third-order valence-electron chi connectivity index (χ3n) is 4.94. The predicted molar refractivity (Wildman–Crippen MR) is 99.6 cm³/mol. The minimum Gasteiger partial charge on any atom is -0.339 e. The van der Waals surface area contributed by atoms with Crippen LogP contribution in [0.15, 0.2) is 23.1 Å². The van der Waals surface area contributed by atoms with Gasteiger partial charge in [-0.15, -0.1) is 12.4 Å². The van der Waals surface area contributed by atoms with Crippen molar-refractivity contribution in [2.45, 2.75) is 24.2 Å². The fraction of sp³-hybridized carbons (Fsp3) is 0.588. The fourth-order valence-corrected chi connectivity index (χ4v) is 5.08. The highest BCUT2D eigenvalue weighted by atomic mass is 35.5. The van der Waals surface area contributed by atoms with Gasteiger partial charge in [0.05, 0.1) is 10.5 Å². The van der Waals surface area contributed by atoms with Crippen LogP contribution in [0.3, 0.4) is 0 Å². The van der Waals surface area contributed by atoms with E-state index in [2.05, 4.69) is 5.32 Å². The summed E-state index contributed by atoms with van der Waals surface area (Å²) >= 11 is 0. The normalized spacial score (nSPS) is 21.0. The number of sulfonamides is 1. The van der Waals surface area contributed by atoms with Crippen molar-refractivity contribution in [3.8, 4) is 0 Å². The lowest BCUT2D eigenvalue weighted by Crippen LogP contribution is -2.31. The van der Waals surface area contributed by atoms with Crippen LogP contribution in [0.5, 0.6) is 0 Å². The number of carbonyl (C=O) groups is 1. The second kappa shape index (κ2) is 8.65. The molecule has 1 unspecified atom stereocenters. The number of benzene rings is 1. The maximum absolute atomic E-state index is 14.4. The Hall–Kier alpha value is -1.22. The summed E-state index contributed by atoms with van der Waals surface area (Å²) in [5.74, 6) is -0.876. The van der Waals surface area contributed by atoms with Gasteiger partial charge in [-0.1, -0.05) is 0 Å². The molecule has 0 saturated carbocycles. The number of hydrogen-bond acceptors (Lipinski definition) is 4. The molecule has 0 aromatic heterocycles. The molecular weight excluding hydrogens is 381 g/mol. The standard InChI is InChI=1S/C17H24FN3O3S.ClH/c1-19-11-13-6-9-21(12-13)25(23,24)14-4-5-15(16(18)10-14)17(22)20-7-2-3-8-20;/h4-5,10,13,19H,2-3,6-9,11-12H2,1H3;1H. The van der Waals surface area contributed by atoms with Gasteiger partial charge in [0.1, 0.15) is 5.82 Å². The monoisotopic (exact) mass is 405 g/mol. The highest BCUT2D eigenvalue weighted by Gasteiger charge is 2.33. The first-order chi connectivity index (χ1) is 11.9. The zero-order chi connectivity index (χ0) is 18.0. The predicted octanol–water partition coefficient (Wildman–Crippen LogP) is 1.71. The van der Waals surface area contributed by atoms with Gasteiger partial charge in [-0.05, 0) is 57.0 Å². The van der Waals surface area contributed by atoms with Crippen molar-refractivity contribution >= 4 is 28.3 Å². The Morgan fingerprint density at radius 3 is 2.58 bits per heavy atom. The Balaban J connectivity index is 0.00000243. The number of nitrogens with zero attached hydrogens (tertiary/aromatic N) is 2. The summed E-state index contributed by atoms with van der Waals surface area (Å²) in [5.41, 5.74) is -0.0599. The summed E-state index contributed by atoms with van der Waals surface area (Å²) in [7, 11) is -1.90. The van der Waals surface area contributed by atoms with Gasteiger partial charge in [-0.2, -0.15) is 4.31 Å². The number of likely N-dealkylation sites (tertiary alicyclic amines) is 1. The van der Waals surface area contributed by atoms with Crippen molar-refractivity contribution in [2.75, 3.05) is 39.8 Å². The molecule has 146 valence electrons. The third-order valence-corrected chi connectivity index (χ3v) is 6.80. The highest BCUT2D eigenvalue weighted by molar-refractivity contribution is 7.89. The first-order valence-electron chi connectivity index (χ1n) is 8.67. The molecule has 3 rings (SSSR count). The van der Waals surface area contributed by atoms with E-state index in [1.54, 1.807) is 4.90 Å². The first kappa shape index (κ1) is 21.1. The van der Waals surface area contributed by atoms with Gasteiger partial charge in [-0.3, -0.25) is 4.79 Å². The lowest BCUT2D eigenvalue weighted by Gasteiger charge is -2.18. The van der Waals surface area contributed by atoms with Crippen LogP contribution < -0.4 is 5.32 Å². The molecule has 0 bridgehead atoms. The van der Waals surface area contributed by atoms with Crippen molar-refractivity contribution in [1.29, 1.82) is 0 Å². The van der Waals surface area contributed by atoms with Gasteiger partial charge in [0, 0.05) is 26.2 Å². The molecule has 6 nitrogen and oxygen atoms in total. The number of amides is 1. The van der Waals surface area contributed by atoms with E-state index in [-0.39, 0.29) is 34.7 Å². The maximum Gasteiger partial charge on any atom is 0.256 e. The van der Waals surface area contributed by atoms with Crippen LogP contribution >= 0.6 is 12.4 Å². The summed E-state index contributed by atoms with van der Waals surface area (Å²) in [6.07, 6.45) is 2.62. The van der Waals surface area contributed by atoms with E-state index in [0.29, 0.717) is 26.2 Å². The summed E-state index contributed by atoms with van der Waals surface area (Å²) in [6.45, 7) is 2.87. The number of halogens is 2. The average molecular weight is 406 g/mol. The summed E-state index contributed by atoms with van der Waals surface area (Å²) < 4.78 is 41.3. The van der Waals surface area contributed by atoms with Crippen molar-refractivity contribution in [2.24, 2.45) is 5.92 Å². The van der Waals surface area contributed by atoms with Gasteiger partial charge in [-0.25, -0.2) is 12.8 Å². The van der Waals surface area contributed by atoms with E-state index < -0.39 is 15.8 Å². The van der Waals surface area contributed by atoms with Gasteiger partial charge in [0.15, 0.2) is 0 Å². The van der Waals surface area contributed by atoms with Gasteiger partial charge >= 0.3 is 0 Å². The third kappa shape index (κ3) is 4.19. The molecule has 2 saturated heterocycles. The van der Waals surface area contributed by atoms with Crippen LogP contribution in [0.25, 0.3) is 0 Å². The van der Waals surface area contributed by atoms with E-state index in [1.807, 2.05) is 7.05 Å². The number of carbonyl (C=O) groups excluding carboxylic acids is 1. The zero-order valence-corrected chi connectivity index (χ0v) is 16.4. The first-order valence-corrected chi connectivity index (χ1v) is 10.1. The van der Waals surface area contributed by atoms with E-state index in [4.69, 9.17) is 0 Å². The topological polar surface area (TPSA) is 69.7 Å². The minimum absolute atomic E-state index is 0. The molecule has 1 atom stereocenters. The molecule has 26 heavy (non-hydrogen) atoms. The lowest BCUT2D eigenvalue weighted by molar-refractivity contribution is 0.0788. The molecule has 2 fully saturated rings. The number of nitrogens with one attached hydrogen (secondary N) is 1. The molecule has 2 heterocycles. The smallest absolute Gasteiger partial charge is 0.256 e. The van der Waals surface area contributed by atoms with Gasteiger partial charge < -0.3 is 10.2 Å². The molecule has 2 aliphatic rings. The van der Waals surface area contributed by atoms with Crippen molar-refractivity contribution in [3.05, 3.63) is 29.6 Å². The molecule has 0 spiro atoms. The number of hydrogen-bond donors (Lipinski definition) is 1. The second-order valence-electron chi connectivity index (χ2n) is 6.72.